The van der Waals surface area contributed by atoms with Gasteiger partial charge in [-0.15, -0.1) is 0 Å². The molecule has 5 heteroatoms. The second kappa shape index (κ2) is 5.98. The lowest BCUT2D eigenvalue weighted by atomic mass is 9.68. The minimum absolute atomic E-state index is 0.106. The van der Waals surface area contributed by atoms with Gasteiger partial charge in [0.15, 0.2) is 0 Å². The number of amides is 2. The lowest BCUT2D eigenvalue weighted by molar-refractivity contribution is -0.127. The lowest BCUT2D eigenvalue weighted by Gasteiger charge is -2.33. The van der Waals surface area contributed by atoms with Crippen molar-refractivity contribution < 1.29 is 14.3 Å². The van der Waals surface area contributed by atoms with E-state index in [0.717, 1.165) is 17.6 Å². The highest BCUT2D eigenvalue weighted by Crippen LogP contribution is 2.51. The molecule has 0 spiro atoms. The number of benzene rings is 1. The summed E-state index contributed by atoms with van der Waals surface area (Å²) in [6.45, 7) is 6.41. The van der Waals surface area contributed by atoms with Crippen LogP contribution in [0, 0.1) is 11.3 Å². The molecule has 1 aromatic carbocycles. The van der Waals surface area contributed by atoms with Crippen LogP contribution in [0.15, 0.2) is 53.3 Å². The van der Waals surface area contributed by atoms with Gasteiger partial charge in [0.1, 0.15) is 17.8 Å². The van der Waals surface area contributed by atoms with E-state index in [1.807, 2.05) is 24.3 Å². The molecule has 27 heavy (non-hydrogen) atoms. The number of primary amides is 1. The van der Waals surface area contributed by atoms with E-state index in [9.17, 15) is 9.59 Å². The third-order valence-corrected chi connectivity index (χ3v) is 6.38. The molecule has 0 saturated heterocycles. The molecule has 1 fully saturated rings. The molecular weight excluding hydrogens is 340 g/mol. The Bertz CT molecular complexity index is 873. The van der Waals surface area contributed by atoms with Crippen molar-refractivity contribution in [2.24, 2.45) is 17.1 Å². The van der Waals surface area contributed by atoms with Gasteiger partial charge in [0.05, 0.1) is 5.41 Å². The van der Waals surface area contributed by atoms with E-state index < -0.39 is 16.7 Å². The first kappa shape index (κ1) is 17.8. The summed E-state index contributed by atoms with van der Waals surface area (Å²) in [5.74, 6) is 0.550. The zero-order chi connectivity index (χ0) is 19.4. The average molecular weight is 366 g/mol. The standard InChI is InChI=1S/C22H26N2O3/c1-13-9-17(13)24-19(25)14-10-16-18(21(2,11-14)20(23)26)27-12-22(16,3)15-7-5-4-6-8-15/h4-8,10,13,17H,9,11-12H2,1-3H3,(H2,23,26)(H,24,25)/t13-,17-,21?,22?/m0/s1. The molecule has 2 aliphatic carbocycles. The monoisotopic (exact) mass is 366 g/mol. The van der Waals surface area contributed by atoms with Crippen LogP contribution in [0.5, 0.6) is 0 Å². The van der Waals surface area contributed by atoms with Crippen LogP contribution in [-0.4, -0.2) is 24.5 Å². The summed E-state index contributed by atoms with van der Waals surface area (Å²) in [5.41, 5.74) is 6.91. The highest BCUT2D eigenvalue weighted by atomic mass is 16.5. The lowest BCUT2D eigenvalue weighted by Crippen LogP contribution is -2.41. The van der Waals surface area contributed by atoms with Gasteiger partial charge in [-0.3, -0.25) is 9.59 Å². The van der Waals surface area contributed by atoms with E-state index in [0.29, 0.717) is 23.9 Å². The molecule has 4 rings (SSSR count). The fourth-order valence-corrected chi connectivity index (χ4v) is 4.16. The first-order valence-electron chi connectivity index (χ1n) is 9.50. The Hall–Kier alpha value is -2.56. The van der Waals surface area contributed by atoms with Crippen LogP contribution in [0.1, 0.15) is 39.2 Å². The van der Waals surface area contributed by atoms with Crippen LogP contribution >= 0.6 is 0 Å². The zero-order valence-electron chi connectivity index (χ0n) is 16.0. The fraction of sp³-hybridized carbons (Fsp3) is 0.455. The molecule has 142 valence electrons. The number of rotatable bonds is 4. The number of carbonyl (C=O) groups excluding carboxylic acids is 2. The third-order valence-electron chi connectivity index (χ3n) is 6.38. The number of allylic oxidation sites excluding steroid dienone is 1. The summed E-state index contributed by atoms with van der Waals surface area (Å²) in [7, 11) is 0. The minimum Gasteiger partial charge on any atom is -0.495 e. The van der Waals surface area contributed by atoms with E-state index in [2.05, 4.69) is 31.3 Å². The maximum Gasteiger partial charge on any atom is 0.247 e. The number of ether oxygens (including phenoxy) is 1. The van der Waals surface area contributed by atoms with Crippen molar-refractivity contribution in [1.29, 1.82) is 0 Å². The van der Waals surface area contributed by atoms with E-state index in [1.165, 1.54) is 0 Å². The van der Waals surface area contributed by atoms with Crippen molar-refractivity contribution in [1.82, 2.24) is 5.32 Å². The molecule has 1 saturated carbocycles. The van der Waals surface area contributed by atoms with Gasteiger partial charge in [-0.05, 0) is 44.2 Å². The number of nitrogens with two attached hydrogens (primary N) is 1. The molecule has 3 aliphatic rings. The van der Waals surface area contributed by atoms with Crippen molar-refractivity contribution in [3.63, 3.8) is 0 Å². The highest BCUT2D eigenvalue weighted by molar-refractivity contribution is 5.97. The zero-order valence-corrected chi connectivity index (χ0v) is 16.0. The normalized spacial score (nSPS) is 34.4. The van der Waals surface area contributed by atoms with Crippen molar-refractivity contribution >= 4 is 11.8 Å². The van der Waals surface area contributed by atoms with Crippen molar-refractivity contribution in [3.8, 4) is 0 Å². The Balaban J connectivity index is 1.78. The van der Waals surface area contributed by atoms with Crippen LogP contribution in [0.4, 0.5) is 0 Å². The second-order valence-electron chi connectivity index (χ2n) is 8.57. The largest absolute Gasteiger partial charge is 0.495 e. The van der Waals surface area contributed by atoms with Crippen molar-refractivity contribution in [2.75, 3.05) is 6.61 Å². The van der Waals surface area contributed by atoms with Crippen molar-refractivity contribution in [3.05, 3.63) is 58.9 Å². The van der Waals surface area contributed by atoms with Gasteiger partial charge >= 0.3 is 0 Å². The number of hydrogen-bond donors (Lipinski definition) is 2. The van der Waals surface area contributed by atoms with Crippen LogP contribution in [0.3, 0.4) is 0 Å². The maximum absolute atomic E-state index is 12.8. The summed E-state index contributed by atoms with van der Waals surface area (Å²) < 4.78 is 6.04. The van der Waals surface area contributed by atoms with E-state index in [4.69, 9.17) is 10.5 Å². The average Bonchev–Trinajstić information content (AvgIpc) is 3.22. The molecule has 0 radical (unpaired) electrons. The van der Waals surface area contributed by atoms with Gasteiger partial charge in [-0.2, -0.15) is 0 Å². The summed E-state index contributed by atoms with van der Waals surface area (Å²) >= 11 is 0. The third kappa shape index (κ3) is 2.76. The molecule has 0 bridgehead atoms. The van der Waals surface area contributed by atoms with Gasteiger partial charge in [-0.1, -0.05) is 37.3 Å². The Labute approximate surface area is 159 Å². The predicted molar refractivity (Wildman–Crippen MR) is 102 cm³/mol. The van der Waals surface area contributed by atoms with Crippen LogP contribution in [-0.2, 0) is 19.7 Å². The molecule has 2 unspecified atom stereocenters. The summed E-state index contributed by atoms with van der Waals surface area (Å²) in [6, 6.07) is 10.3. The molecule has 0 aromatic heterocycles. The molecule has 1 aromatic rings. The topological polar surface area (TPSA) is 81.4 Å². The molecular formula is C22H26N2O3. The van der Waals surface area contributed by atoms with Crippen LogP contribution in [0.25, 0.3) is 0 Å². The molecule has 2 amide bonds. The SMILES string of the molecule is C[C@H]1C[C@@H]1NC(=O)C1=CC2=C(OCC2(C)c2ccccc2)C(C)(C(N)=O)C1. The van der Waals surface area contributed by atoms with E-state index in [1.54, 1.807) is 6.92 Å². The summed E-state index contributed by atoms with van der Waals surface area (Å²) in [6.07, 6.45) is 3.19. The first-order chi connectivity index (χ1) is 12.8. The van der Waals surface area contributed by atoms with Crippen LogP contribution < -0.4 is 11.1 Å². The van der Waals surface area contributed by atoms with Crippen LogP contribution in [0.2, 0.25) is 0 Å². The molecule has 1 heterocycles. The molecule has 1 aliphatic heterocycles. The Kier molecular flexibility index (Phi) is 3.95. The fourth-order valence-electron chi connectivity index (χ4n) is 4.16. The first-order valence-corrected chi connectivity index (χ1v) is 9.50. The van der Waals surface area contributed by atoms with Gasteiger partial charge in [0.2, 0.25) is 11.8 Å². The molecule has 3 N–H and O–H groups in total. The smallest absolute Gasteiger partial charge is 0.247 e. The second-order valence-corrected chi connectivity index (χ2v) is 8.57. The van der Waals surface area contributed by atoms with Gasteiger partial charge in [0.25, 0.3) is 0 Å². The summed E-state index contributed by atoms with van der Waals surface area (Å²) in [4.78, 5) is 25.2. The van der Waals surface area contributed by atoms with E-state index >= 15 is 0 Å². The Morgan fingerprint density at radius 1 is 1.22 bits per heavy atom. The number of carbonyl (C=O) groups is 2. The van der Waals surface area contributed by atoms with Crippen molar-refractivity contribution in [2.45, 2.75) is 45.1 Å². The quantitative estimate of drug-likeness (QED) is 0.859. The Morgan fingerprint density at radius 3 is 2.48 bits per heavy atom. The number of nitrogens with one attached hydrogen (secondary N) is 1. The maximum atomic E-state index is 12.8. The van der Waals surface area contributed by atoms with Gasteiger partial charge in [0, 0.05) is 17.2 Å². The van der Waals surface area contributed by atoms with Gasteiger partial charge < -0.3 is 15.8 Å². The minimum atomic E-state index is -1.02. The Morgan fingerprint density at radius 2 is 1.89 bits per heavy atom. The molecule has 5 nitrogen and oxygen atoms in total. The number of hydrogen-bond acceptors (Lipinski definition) is 3. The predicted octanol–water partition coefficient (Wildman–Crippen LogP) is 2.57. The summed E-state index contributed by atoms with van der Waals surface area (Å²) in [5, 5.41) is 3.07. The van der Waals surface area contributed by atoms with Gasteiger partial charge in [-0.25, -0.2) is 0 Å². The van der Waals surface area contributed by atoms with E-state index in [-0.39, 0.29) is 18.4 Å². The highest BCUT2D eigenvalue weighted by Gasteiger charge is 2.51. The molecule has 4 atom stereocenters.